The summed E-state index contributed by atoms with van der Waals surface area (Å²) in [7, 11) is 0. The molecule has 2 aliphatic heterocycles. The highest BCUT2D eigenvalue weighted by atomic mass is 32.2. The second kappa shape index (κ2) is 5.46. The number of hydrogen-bond donors (Lipinski definition) is 1. The summed E-state index contributed by atoms with van der Waals surface area (Å²) in [6, 6.07) is 0.198. The molecule has 0 saturated carbocycles. The lowest BCUT2D eigenvalue weighted by molar-refractivity contribution is -0.131. The van der Waals surface area contributed by atoms with E-state index in [1.165, 1.54) is 5.75 Å². The Morgan fingerprint density at radius 3 is 2.93 bits per heavy atom. The van der Waals surface area contributed by atoms with Crippen LogP contribution >= 0.6 is 23.5 Å². The topological polar surface area (TPSA) is 46.3 Å². The molecule has 0 radical (unpaired) electrons. The number of piperidine rings is 1. The molecule has 2 heterocycles. The molecule has 2 aliphatic rings. The first-order valence-corrected chi connectivity index (χ1v) is 7.71. The van der Waals surface area contributed by atoms with Crippen molar-refractivity contribution in [2.75, 3.05) is 30.3 Å². The first-order chi connectivity index (χ1) is 7.27. The Labute approximate surface area is 99.5 Å². The molecule has 0 aromatic carbocycles. The predicted octanol–water partition coefficient (Wildman–Crippen LogP) is 0.785. The van der Waals surface area contributed by atoms with Gasteiger partial charge in [-0.3, -0.25) is 4.79 Å². The molecule has 0 aliphatic carbocycles. The summed E-state index contributed by atoms with van der Waals surface area (Å²) in [4.78, 5) is 14.1. The lowest BCUT2D eigenvalue weighted by Crippen LogP contribution is -2.49. The summed E-state index contributed by atoms with van der Waals surface area (Å²) in [5.41, 5.74) is 5.89. The largest absolute Gasteiger partial charge is 0.340 e. The molecule has 2 fully saturated rings. The van der Waals surface area contributed by atoms with E-state index in [0.29, 0.717) is 5.91 Å². The van der Waals surface area contributed by atoms with Crippen LogP contribution in [0.15, 0.2) is 0 Å². The summed E-state index contributed by atoms with van der Waals surface area (Å²) in [5, 5.41) is 0.189. The molecule has 5 heteroatoms. The van der Waals surface area contributed by atoms with E-state index >= 15 is 0 Å². The maximum atomic E-state index is 12.1. The van der Waals surface area contributed by atoms with E-state index in [1.807, 2.05) is 28.4 Å². The van der Waals surface area contributed by atoms with Gasteiger partial charge < -0.3 is 10.6 Å². The zero-order valence-corrected chi connectivity index (χ0v) is 10.5. The highest BCUT2D eigenvalue weighted by Gasteiger charge is 2.29. The van der Waals surface area contributed by atoms with Gasteiger partial charge in [-0.05, 0) is 12.8 Å². The number of likely N-dealkylation sites (tertiary alicyclic amines) is 1. The minimum absolute atomic E-state index is 0.189. The number of nitrogens with zero attached hydrogens (tertiary/aromatic N) is 1. The number of rotatable bonds is 1. The van der Waals surface area contributed by atoms with Crippen LogP contribution in [0.3, 0.4) is 0 Å². The van der Waals surface area contributed by atoms with Crippen LogP contribution in [0.1, 0.15) is 12.8 Å². The smallest absolute Gasteiger partial charge is 0.236 e. The minimum Gasteiger partial charge on any atom is -0.340 e. The van der Waals surface area contributed by atoms with Gasteiger partial charge in [0.05, 0.1) is 5.25 Å². The lowest BCUT2D eigenvalue weighted by Gasteiger charge is -2.34. The molecule has 1 amide bonds. The Hall–Kier alpha value is 0.130. The van der Waals surface area contributed by atoms with Crippen LogP contribution in [0.2, 0.25) is 0 Å². The highest BCUT2D eigenvalue weighted by Crippen LogP contribution is 2.26. The molecule has 2 N–H and O–H groups in total. The van der Waals surface area contributed by atoms with Crippen molar-refractivity contribution in [2.24, 2.45) is 5.73 Å². The van der Waals surface area contributed by atoms with E-state index in [-0.39, 0.29) is 11.3 Å². The number of thioether (sulfide) groups is 2. The first-order valence-electron chi connectivity index (χ1n) is 5.51. The zero-order valence-electron chi connectivity index (χ0n) is 8.85. The molecule has 3 nitrogen and oxygen atoms in total. The zero-order chi connectivity index (χ0) is 10.7. The van der Waals surface area contributed by atoms with Gasteiger partial charge in [0.25, 0.3) is 0 Å². The molecule has 0 bridgehead atoms. The molecule has 0 aromatic rings. The third-order valence-electron chi connectivity index (χ3n) is 2.86. The molecule has 2 atom stereocenters. The summed E-state index contributed by atoms with van der Waals surface area (Å²) < 4.78 is 0. The normalized spacial score (nSPS) is 32.7. The number of hydrogen-bond acceptors (Lipinski definition) is 4. The highest BCUT2D eigenvalue weighted by molar-refractivity contribution is 8.07. The SMILES string of the molecule is NC1CCCN(C(=O)C2CSCCS2)C1. The van der Waals surface area contributed by atoms with Crippen molar-refractivity contribution in [3.63, 3.8) is 0 Å². The number of carbonyl (C=O) groups excluding carboxylic acids is 1. The van der Waals surface area contributed by atoms with Crippen molar-refractivity contribution in [1.29, 1.82) is 0 Å². The standard InChI is InChI=1S/C10H18N2OS2/c11-8-2-1-3-12(6-8)10(13)9-7-14-4-5-15-9/h8-9H,1-7,11H2. The van der Waals surface area contributed by atoms with E-state index in [0.717, 1.165) is 37.4 Å². The third kappa shape index (κ3) is 3.04. The van der Waals surface area contributed by atoms with Crippen molar-refractivity contribution in [3.05, 3.63) is 0 Å². The van der Waals surface area contributed by atoms with Crippen molar-refractivity contribution in [2.45, 2.75) is 24.1 Å². The van der Waals surface area contributed by atoms with Gasteiger partial charge in [-0.1, -0.05) is 0 Å². The Morgan fingerprint density at radius 1 is 1.40 bits per heavy atom. The van der Waals surface area contributed by atoms with Crippen LogP contribution in [0, 0.1) is 0 Å². The van der Waals surface area contributed by atoms with Gasteiger partial charge in [-0.25, -0.2) is 0 Å². The average molecular weight is 246 g/mol. The number of amides is 1. The molecular weight excluding hydrogens is 228 g/mol. The Balaban J connectivity index is 1.88. The van der Waals surface area contributed by atoms with E-state index < -0.39 is 0 Å². The van der Waals surface area contributed by atoms with Gasteiger partial charge in [-0.15, -0.1) is 11.8 Å². The fourth-order valence-corrected chi connectivity index (χ4v) is 4.67. The van der Waals surface area contributed by atoms with E-state index in [4.69, 9.17) is 5.73 Å². The Morgan fingerprint density at radius 2 is 2.27 bits per heavy atom. The Kier molecular flexibility index (Phi) is 4.22. The monoisotopic (exact) mass is 246 g/mol. The van der Waals surface area contributed by atoms with Crippen molar-refractivity contribution >= 4 is 29.4 Å². The lowest BCUT2D eigenvalue weighted by atomic mass is 10.1. The average Bonchev–Trinajstić information content (AvgIpc) is 2.29. The van der Waals surface area contributed by atoms with Crippen molar-refractivity contribution < 1.29 is 4.79 Å². The second-order valence-electron chi connectivity index (χ2n) is 4.12. The van der Waals surface area contributed by atoms with Crippen LogP contribution in [-0.2, 0) is 4.79 Å². The summed E-state index contributed by atoms with van der Waals surface area (Å²) in [6.45, 7) is 1.68. The molecule has 2 rings (SSSR count). The first kappa shape index (κ1) is 11.6. The molecule has 2 saturated heterocycles. The molecule has 15 heavy (non-hydrogen) atoms. The molecule has 0 spiro atoms. The van der Waals surface area contributed by atoms with Crippen LogP contribution in [0.5, 0.6) is 0 Å². The van der Waals surface area contributed by atoms with Crippen LogP contribution in [0.4, 0.5) is 0 Å². The van der Waals surface area contributed by atoms with Crippen molar-refractivity contribution in [1.82, 2.24) is 4.90 Å². The van der Waals surface area contributed by atoms with Crippen LogP contribution in [-0.4, -0.2) is 52.4 Å². The van der Waals surface area contributed by atoms with Gasteiger partial charge in [0.2, 0.25) is 5.91 Å². The van der Waals surface area contributed by atoms with E-state index in [1.54, 1.807) is 0 Å². The van der Waals surface area contributed by atoms with Gasteiger partial charge in [-0.2, -0.15) is 11.8 Å². The number of nitrogens with two attached hydrogens (primary N) is 1. The van der Waals surface area contributed by atoms with E-state index in [9.17, 15) is 4.79 Å². The molecule has 86 valence electrons. The Bertz CT molecular complexity index is 231. The summed E-state index contributed by atoms with van der Waals surface area (Å²) >= 11 is 3.71. The predicted molar refractivity (Wildman–Crippen MR) is 67.4 cm³/mol. The quantitative estimate of drug-likeness (QED) is 0.743. The maximum absolute atomic E-state index is 12.1. The molecule has 2 unspecified atom stereocenters. The van der Waals surface area contributed by atoms with Gasteiger partial charge >= 0.3 is 0 Å². The molecular formula is C10H18N2OS2. The molecule has 0 aromatic heterocycles. The summed E-state index contributed by atoms with van der Waals surface area (Å²) in [5.74, 6) is 3.60. The second-order valence-corrected chi connectivity index (χ2v) is 6.58. The fourth-order valence-electron chi connectivity index (χ4n) is 2.04. The van der Waals surface area contributed by atoms with Gasteiger partial charge in [0, 0.05) is 36.4 Å². The van der Waals surface area contributed by atoms with Crippen molar-refractivity contribution in [3.8, 4) is 0 Å². The number of carbonyl (C=O) groups is 1. The van der Waals surface area contributed by atoms with Crippen LogP contribution < -0.4 is 5.73 Å². The summed E-state index contributed by atoms with van der Waals surface area (Å²) in [6.07, 6.45) is 2.13. The fraction of sp³-hybridized carbons (Fsp3) is 0.900. The van der Waals surface area contributed by atoms with Crippen LogP contribution in [0.25, 0.3) is 0 Å². The van der Waals surface area contributed by atoms with Gasteiger partial charge in [0.15, 0.2) is 0 Å². The maximum Gasteiger partial charge on any atom is 0.236 e. The van der Waals surface area contributed by atoms with E-state index in [2.05, 4.69) is 0 Å². The minimum atomic E-state index is 0.189. The third-order valence-corrected chi connectivity index (χ3v) is 5.60. The van der Waals surface area contributed by atoms with Gasteiger partial charge in [0.1, 0.15) is 0 Å².